The number of carbonyl (C=O) groups excluding carboxylic acids is 4. The van der Waals surface area contributed by atoms with Crippen LogP contribution in [0.1, 0.15) is 479 Å². The van der Waals surface area contributed by atoms with Gasteiger partial charge < -0.3 is 33.8 Å². The summed E-state index contributed by atoms with van der Waals surface area (Å²) in [5.74, 6) is 0.322. The van der Waals surface area contributed by atoms with E-state index in [0.717, 1.165) is 108 Å². The van der Waals surface area contributed by atoms with Crippen molar-refractivity contribution in [3.05, 3.63) is 0 Å². The Balaban J connectivity index is 5.24. The van der Waals surface area contributed by atoms with Gasteiger partial charge in [0.25, 0.3) is 0 Å². The lowest BCUT2D eigenvalue weighted by Gasteiger charge is -2.21. The van der Waals surface area contributed by atoms with Gasteiger partial charge in [-0.15, -0.1) is 0 Å². The molecule has 0 aromatic heterocycles. The standard InChI is InChI=1S/C90H176O17P2/c1-8-9-10-11-12-13-14-36-43-50-57-64-71-87(92)100-77-85(107-90(95)74-67-60-53-46-39-32-31-35-42-49-56-63-70-83(6)7)79-104-108(96,97)102-75-84(91)76-103-109(98,99)105-80-86(106-89(94)73-66-59-52-45-38-30-26-22-18-16-20-24-28-34-41-48-55-62-69-82(4)5)78-101-88(93)72-65-58-51-44-37-29-25-21-17-15-19-23-27-33-40-47-54-61-68-81(2)3/h81-86,91H,8-80H2,1-7H3,(H,96,97)(H,98,99)/t84-,85+,86+/m0/s1. The van der Waals surface area contributed by atoms with Crippen LogP contribution in [0.3, 0.4) is 0 Å². The van der Waals surface area contributed by atoms with E-state index in [1.807, 2.05) is 0 Å². The molecule has 3 N–H and O–H groups in total. The van der Waals surface area contributed by atoms with Crippen LogP contribution in [0, 0.1) is 17.8 Å². The van der Waals surface area contributed by atoms with Crippen LogP contribution < -0.4 is 0 Å². The first-order valence-corrected chi connectivity index (χ1v) is 49.3. The highest BCUT2D eigenvalue weighted by Gasteiger charge is 2.31. The Morgan fingerprint density at radius 3 is 0.624 bits per heavy atom. The predicted octanol–water partition coefficient (Wildman–Crippen LogP) is 27.6. The summed E-state index contributed by atoms with van der Waals surface area (Å²) in [7, 11) is -9.93. The van der Waals surface area contributed by atoms with Crippen molar-refractivity contribution < 1.29 is 80.2 Å². The van der Waals surface area contributed by atoms with Crippen molar-refractivity contribution in [2.75, 3.05) is 39.6 Å². The highest BCUT2D eigenvalue weighted by atomic mass is 31.2. The Kier molecular flexibility index (Phi) is 78.5. The molecule has 0 aliphatic carbocycles. The molecule has 0 radical (unpaired) electrons. The highest BCUT2D eigenvalue weighted by molar-refractivity contribution is 7.47. The minimum Gasteiger partial charge on any atom is -0.462 e. The van der Waals surface area contributed by atoms with Crippen molar-refractivity contribution in [2.24, 2.45) is 17.8 Å². The van der Waals surface area contributed by atoms with E-state index in [0.29, 0.717) is 25.7 Å². The number of esters is 4. The highest BCUT2D eigenvalue weighted by Crippen LogP contribution is 2.45. The number of phosphoric acid groups is 2. The number of hydrogen-bond acceptors (Lipinski definition) is 15. The van der Waals surface area contributed by atoms with Crippen LogP contribution in [0.4, 0.5) is 0 Å². The second-order valence-electron chi connectivity index (χ2n) is 33.8. The summed E-state index contributed by atoms with van der Waals surface area (Å²) in [5, 5.41) is 10.7. The Labute approximate surface area is 670 Å². The van der Waals surface area contributed by atoms with Gasteiger partial charge in [0.05, 0.1) is 26.4 Å². The van der Waals surface area contributed by atoms with Gasteiger partial charge in [-0.2, -0.15) is 0 Å². The smallest absolute Gasteiger partial charge is 0.462 e. The van der Waals surface area contributed by atoms with Crippen molar-refractivity contribution in [2.45, 2.75) is 497 Å². The van der Waals surface area contributed by atoms with Crippen molar-refractivity contribution >= 4 is 39.5 Å². The van der Waals surface area contributed by atoms with E-state index in [4.69, 9.17) is 37.0 Å². The van der Waals surface area contributed by atoms with Crippen molar-refractivity contribution in [3.63, 3.8) is 0 Å². The van der Waals surface area contributed by atoms with Gasteiger partial charge in [-0.3, -0.25) is 37.3 Å². The van der Waals surface area contributed by atoms with Gasteiger partial charge in [0.1, 0.15) is 19.3 Å². The van der Waals surface area contributed by atoms with Crippen LogP contribution in [0.2, 0.25) is 0 Å². The van der Waals surface area contributed by atoms with Crippen LogP contribution in [0.5, 0.6) is 0 Å². The average molecular weight is 1590 g/mol. The number of phosphoric ester groups is 2. The van der Waals surface area contributed by atoms with Gasteiger partial charge in [-0.25, -0.2) is 9.13 Å². The molecule has 17 nitrogen and oxygen atoms in total. The van der Waals surface area contributed by atoms with E-state index in [1.54, 1.807) is 0 Å². The number of hydrogen-bond donors (Lipinski definition) is 3. The van der Waals surface area contributed by atoms with E-state index in [2.05, 4.69) is 48.5 Å². The van der Waals surface area contributed by atoms with E-state index < -0.39 is 97.5 Å². The molecular weight excluding hydrogens is 1410 g/mol. The SMILES string of the molecule is CCCCCCCCCCCCCCC(=O)OC[C@H](COP(=O)(O)OC[C@H](O)COP(=O)(O)OC[C@@H](COC(=O)CCCCCCCCCCCCCCCCCCCCC(C)C)OC(=O)CCCCCCCCCCCCCCCCCCCCC(C)C)OC(=O)CCCCCCCCCCCCCCC(C)C. The van der Waals surface area contributed by atoms with Crippen LogP contribution in [-0.2, 0) is 65.4 Å². The molecule has 0 aliphatic rings. The number of rotatable bonds is 88. The zero-order chi connectivity index (χ0) is 80.0. The second-order valence-corrected chi connectivity index (χ2v) is 36.7. The zero-order valence-electron chi connectivity index (χ0n) is 72.0. The summed E-state index contributed by atoms with van der Waals surface area (Å²) in [4.78, 5) is 73.4. The molecule has 19 heteroatoms. The molecule has 0 amide bonds. The topological polar surface area (TPSA) is 237 Å². The summed E-state index contributed by atoms with van der Waals surface area (Å²) in [5.41, 5.74) is 0. The van der Waals surface area contributed by atoms with Crippen LogP contribution >= 0.6 is 15.6 Å². The first-order chi connectivity index (χ1) is 52.7. The summed E-state index contributed by atoms with van der Waals surface area (Å²) >= 11 is 0. The third-order valence-corrected chi connectivity index (χ3v) is 23.0. The van der Waals surface area contributed by atoms with Crippen LogP contribution in [-0.4, -0.2) is 96.7 Å². The van der Waals surface area contributed by atoms with Crippen molar-refractivity contribution in [3.8, 4) is 0 Å². The monoisotopic (exact) mass is 1590 g/mol. The summed E-state index contributed by atoms with van der Waals surface area (Å²) in [6, 6.07) is 0. The first-order valence-electron chi connectivity index (χ1n) is 46.3. The van der Waals surface area contributed by atoms with Gasteiger partial charge in [0.2, 0.25) is 0 Å². The molecule has 0 rings (SSSR count). The first kappa shape index (κ1) is 107. The van der Waals surface area contributed by atoms with Gasteiger partial charge in [0.15, 0.2) is 12.2 Å². The molecule has 0 bridgehead atoms. The number of ether oxygens (including phenoxy) is 4. The lowest BCUT2D eigenvalue weighted by Crippen LogP contribution is -2.30. The fourth-order valence-electron chi connectivity index (χ4n) is 14.1. The van der Waals surface area contributed by atoms with Crippen molar-refractivity contribution in [1.29, 1.82) is 0 Å². The third-order valence-electron chi connectivity index (χ3n) is 21.1. The van der Waals surface area contributed by atoms with Crippen molar-refractivity contribution in [1.82, 2.24) is 0 Å². The van der Waals surface area contributed by atoms with Gasteiger partial charge in [-0.05, 0) is 43.4 Å². The molecular formula is C90H176O17P2. The van der Waals surface area contributed by atoms with E-state index in [1.165, 1.54) is 289 Å². The molecule has 0 fully saturated rings. The van der Waals surface area contributed by atoms with Gasteiger partial charge in [-0.1, -0.05) is 427 Å². The summed E-state index contributed by atoms with van der Waals surface area (Å²) in [6.07, 6.45) is 72.2. The minimum absolute atomic E-state index is 0.107. The fraction of sp³-hybridized carbons (Fsp3) is 0.956. The molecule has 5 atom stereocenters. The lowest BCUT2D eigenvalue weighted by molar-refractivity contribution is -0.161. The van der Waals surface area contributed by atoms with Crippen LogP contribution in [0.15, 0.2) is 0 Å². The van der Waals surface area contributed by atoms with Gasteiger partial charge >= 0.3 is 39.5 Å². The maximum absolute atomic E-state index is 13.2. The molecule has 0 spiro atoms. The largest absolute Gasteiger partial charge is 0.472 e. The third kappa shape index (κ3) is 83.8. The molecule has 2 unspecified atom stereocenters. The lowest BCUT2D eigenvalue weighted by atomic mass is 10.0. The Morgan fingerprint density at radius 2 is 0.422 bits per heavy atom. The van der Waals surface area contributed by atoms with Gasteiger partial charge in [0, 0.05) is 25.7 Å². The van der Waals surface area contributed by atoms with Crippen LogP contribution in [0.25, 0.3) is 0 Å². The quantitative estimate of drug-likeness (QED) is 0.0222. The Morgan fingerprint density at radius 1 is 0.248 bits per heavy atom. The number of aliphatic hydroxyl groups is 1. The van der Waals surface area contributed by atoms with E-state index in [-0.39, 0.29) is 25.7 Å². The molecule has 0 heterocycles. The molecule has 0 aromatic rings. The summed E-state index contributed by atoms with van der Waals surface area (Å²) < 4.78 is 69.0. The second kappa shape index (κ2) is 79.9. The zero-order valence-corrected chi connectivity index (χ0v) is 73.8. The maximum Gasteiger partial charge on any atom is 0.472 e. The molecule has 109 heavy (non-hydrogen) atoms. The Bertz CT molecular complexity index is 2100. The number of carbonyl (C=O) groups is 4. The molecule has 648 valence electrons. The average Bonchev–Trinajstić information content (AvgIpc) is 0.899. The van der Waals surface area contributed by atoms with E-state index in [9.17, 15) is 43.2 Å². The molecule has 0 aliphatic heterocycles. The number of aliphatic hydroxyl groups excluding tert-OH is 1. The number of unbranched alkanes of at least 4 members (excludes halogenated alkanes) is 56. The summed E-state index contributed by atoms with van der Waals surface area (Å²) in [6.45, 7) is 12.1. The normalized spacial score (nSPS) is 13.8. The molecule has 0 saturated heterocycles. The van der Waals surface area contributed by atoms with E-state index >= 15 is 0 Å². The molecule has 0 saturated carbocycles. The Hall–Kier alpha value is -1.94. The predicted molar refractivity (Wildman–Crippen MR) is 451 cm³/mol. The maximum atomic E-state index is 13.2. The molecule has 0 aromatic carbocycles. The fourth-order valence-corrected chi connectivity index (χ4v) is 15.7. The minimum atomic E-state index is -4.97.